The van der Waals surface area contributed by atoms with E-state index in [9.17, 15) is 15.0 Å². The van der Waals surface area contributed by atoms with Gasteiger partial charge in [0.2, 0.25) is 0 Å². The molecule has 0 unspecified atom stereocenters. The minimum atomic E-state index is -0.456. The van der Waals surface area contributed by atoms with Crippen LogP contribution in [0, 0.1) is 6.92 Å². The fourth-order valence-corrected chi connectivity index (χ4v) is 2.21. The maximum Gasteiger partial charge on any atom is 0.277 e. The zero-order valence-electron chi connectivity index (χ0n) is 12.9. The number of aryl methyl sites for hydroxylation is 1. The van der Waals surface area contributed by atoms with Crippen molar-refractivity contribution in [3.8, 4) is 11.5 Å². The molecule has 0 saturated carbocycles. The number of nitrogens with one attached hydrogen (secondary N) is 1. The van der Waals surface area contributed by atoms with Gasteiger partial charge < -0.3 is 14.9 Å². The molecule has 0 atom stereocenters. The zero-order valence-corrected chi connectivity index (χ0v) is 14.4. The van der Waals surface area contributed by atoms with Crippen LogP contribution >= 0.6 is 15.9 Å². The first-order valence-corrected chi connectivity index (χ1v) is 7.79. The quantitative estimate of drug-likeness (QED) is 0.513. The number of nitrogens with zero attached hydrogens (tertiary/aromatic N) is 2. The largest absolute Gasteiger partial charge is 0.505 e. The van der Waals surface area contributed by atoms with Crippen molar-refractivity contribution in [2.24, 2.45) is 5.10 Å². The molecule has 0 saturated heterocycles. The van der Waals surface area contributed by atoms with Crippen LogP contribution in [0.4, 0.5) is 0 Å². The lowest BCUT2D eigenvalue weighted by molar-refractivity contribution is -0.123. The van der Waals surface area contributed by atoms with Crippen molar-refractivity contribution in [3.05, 3.63) is 51.8 Å². The average molecular weight is 394 g/mol. The Morgan fingerprint density at radius 3 is 3.00 bits per heavy atom. The van der Waals surface area contributed by atoms with E-state index in [1.165, 1.54) is 12.4 Å². The number of halogens is 1. The highest BCUT2D eigenvalue weighted by molar-refractivity contribution is 9.10. The molecular formula is C16H16BrN3O4. The Kier molecular flexibility index (Phi) is 6.28. The molecule has 0 aliphatic heterocycles. The van der Waals surface area contributed by atoms with Crippen LogP contribution in [0.5, 0.6) is 11.5 Å². The van der Waals surface area contributed by atoms with Gasteiger partial charge in [0.1, 0.15) is 11.5 Å². The molecule has 1 aromatic heterocycles. The number of rotatable bonds is 6. The predicted molar refractivity (Wildman–Crippen MR) is 91.9 cm³/mol. The van der Waals surface area contributed by atoms with Gasteiger partial charge in [-0.2, -0.15) is 5.10 Å². The van der Waals surface area contributed by atoms with Gasteiger partial charge in [0.25, 0.3) is 5.91 Å². The number of aromatic hydroxyl groups is 1. The monoisotopic (exact) mass is 393 g/mol. The number of hydrazone groups is 1. The third-order valence-electron chi connectivity index (χ3n) is 3.08. The van der Waals surface area contributed by atoms with Crippen LogP contribution in [0.2, 0.25) is 0 Å². The molecule has 0 spiro atoms. The van der Waals surface area contributed by atoms with Crippen LogP contribution < -0.4 is 10.2 Å². The van der Waals surface area contributed by atoms with Crippen LogP contribution in [-0.2, 0) is 11.4 Å². The van der Waals surface area contributed by atoms with Gasteiger partial charge in [0.15, 0.2) is 6.61 Å². The van der Waals surface area contributed by atoms with Gasteiger partial charge in [-0.15, -0.1) is 0 Å². The third-order valence-corrected chi connectivity index (χ3v) is 3.57. The molecule has 0 bridgehead atoms. The van der Waals surface area contributed by atoms with Gasteiger partial charge in [-0.05, 0) is 25.1 Å². The number of hydrogen-bond donors (Lipinski definition) is 3. The lowest BCUT2D eigenvalue weighted by Gasteiger charge is -2.07. The molecule has 24 heavy (non-hydrogen) atoms. The topological polar surface area (TPSA) is 104 Å². The summed E-state index contributed by atoms with van der Waals surface area (Å²) in [5, 5.41) is 23.0. The first kappa shape index (κ1) is 17.9. The van der Waals surface area contributed by atoms with Crippen molar-refractivity contribution in [1.29, 1.82) is 0 Å². The van der Waals surface area contributed by atoms with Gasteiger partial charge in [0, 0.05) is 21.8 Å². The van der Waals surface area contributed by atoms with E-state index in [4.69, 9.17) is 4.74 Å². The van der Waals surface area contributed by atoms with Crippen molar-refractivity contribution in [3.63, 3.8) is 0 Å². The molecule has 2 rings (SSSR count). The van der Waals surface area contributed by atoms with E-state index in [-0.39, 0.29) is 19.0 Å². The first-order valence-electron chi connectivity index (χ1n) is 7.00. The lowest BCUT2D eigenvalue weighted by atomic mass is 10.1. The molecule has 8 heteroatoms. The highest BCUT2D eigenvalue weighted by Crippen LogP contribution is 2.21. The Bertz CT molecular complexity index is 765. The molecule has 1 amide bonds. The number of amides is 1. The summed E-state index contributed by atoms with van der Waals surface area (Å²) in [7, 11) is 0. The summed E-state index contributed by atoms with van der Waals surface area (Å²) < 4.78 is 6.17. The zero-order chi connectivity index (χ0) is 17.5. The molecule has 126 valence electrons. The summed E-state index contributed by atoms with van der Waals surface area (Å²) in [6.45, 7) is 1.11. The Morgan fingerprint density at radius 2 is 2.29 bits per heavy atom. The third kappa shape index (κ3) is 4.77. The van der Waals surface area contributed by atoms with Gasteiger partial charge in [-0.3, -0.25) is 9.78 Å². The van der Waals surface area contributed by atoms with E-state index in [0.29, 0.717) is 22.6 Å². The molecular weight excluding hydrogens is 378 g/mol. The van der Waals surface area contributed by atoms with Gasteiger partial charge in [-0.25, -0.2) is 5.43 Å². The summed E-state index contributed by atoms with van der Waals surface area (Å²) in [5.74, 6) is 0.000418. The van der Waals surface area contributed by atoms with Crippen LogP contribution in [-0.4, -0.2) is 33.9 Å². The van der Waals surface area contributed by atoms with E-state index in [1.54, 1.807) is 25.1 Å². The number of ether oxygens (including phenoxy) is 1. The van der Waals surface area contributed by atoms with E-state index >= 15 is 0 Å². The second-order valence-corrected chi connectivity index (χ2v) is 5.74. The number of benzene rings is 1. The number of carbonyl (C=O) groups is 1. The molecule has 1 aromatic carbocycles. The summed E-state index contributed by atoms with van der Waals surface area (Å²) in [4.78, 5) is 15.7. The summed E-state index contributed by atoms with van der Waals surface area (Å²) >= 11 is 3.31. The number of aromatic nitrogens is 1. The number of aliphatic hydroxyl groups excluding tert-OH is 1. The number of carbonyl (C=O) groups excluding carboxylic acids is 1. The smallest absolute Gasteiger partial charge is 0.277 e. The molecule has 3 N–H and O–H groups in total. The molecule has 2 aromatic rings. The molecule has 0 aliphatic rings. The van der Waals surface area contributed by atoms with Crippen LogP contribution in [0.3, 0.4) is 0 Å². The SMILES string of the molecule is Cc1ncc(CO)c(/C=N/NC(=O)COc2cccc(Br)c2)c1O. The van der Waals surface area contributed by atoms with Crippen molar-refractivity contribution in [1.82, 2.24) is 10.4 Å². The van der Waals surface area contributed by atoms with Crippen LogP contribution in [0.25, 0.3) is 0 Å². The minimum Gasteiger partial charge on any atom is -0.505 e. The molecule has 7 nitrogen and oxygen atoms in total. The van der Waals surface area contributed by atoms with E-state index < -0.39 is 5.91 Å². The highest BCUT2D eigenvalue weighted by atomic mass is 79.9. The average Bonchev–Trinajstić information content (AvgIpc) is 2.57. The van der Waals surface area contributed by atoms with Crippen molar-refractivity contribution in [2.75, 3.05) is 6.61 Å². The first-order chi connectivity index (χ1) is 11.5. The number of hydrogen-bond acceptors (Lipinski definition) is 6. The molecule has 0 radical (unpaired) electrons. The van der Waals surface area contributed by atoms with Gasteiger partial charge >= 0.3 is 0 Å². The maximum atomic E-state index is 11.7. The van der Waals surface area contributed by atoms with E-state index in [2.05, 4.69) is 31.4 Å². The lowest BCUT2D eigenvalue weighted by Crippen LogP contribution is -2.24. The molecule has 0 aliphatic carbocycles. The van der Waals surface area contributed by atoms with Crippen molar-refractivity contribution >= 4 is 28.1 Å². The molecule has 0 fully saturated rings. The van der Waals surface area contributed by atoms with Gasteiger partial charge in [-0.1, -0.05) is 22.0 Å². The Hall–Kier alpha value is -2.45. The number of pyridine rings is 1. The summed E-state index contributed by atoms with van der Waals surface area (Å²) in [6, 6.07) is 7.11. The van der Waals surface area contributed by atoms with Crippen molar-refractivity contribution in [2.45, 2.75) is 13.5 Å². The Morgan fingerprint density at radius 1 is 1.50 bits per heavy atom. The fourth-order valence-electron chi connectivity index (χ4n) is 1.83. The second kappa shape index (κ2) is 8.42. The van der Waals surface area contributed by atoms with Gasteiger partial charge in [0.05, 0.1) is 18.5 Å². The van der Waals surface area contributed by atoms with E-state index in [1.807, 2.05) is 6.07 Å². The van der Waals surface area contributed by atoms with Crippen LogP contribution in [0.1, 0.15) is 16.8 Å². The summed E-state index contributed by atoms with van der Waals surface area (Å²) in [5.41, 5.74) is 3.40. The predicted octanol–water partition coefficient (Wildman–Crippen LogP) is 1.88. The van der Waals surface area contributed by atoms with Crippen LogP contribution in [0.15, 0.2) is 40.0 Å². The standard InChI is InChI=1S/C16H16BrN3O4/c1-10-16(23)14(11(8-21)6-18-10)7-19-20-15(22)9-24-13-4-2-3-12(17)5-13/h2-7,21,23H,8-9H2,1H3,(H,20,22)/b19-7+. The highest BCUT2D eigenvalue weighted by Gasteiger charge is 2.09. The molecule has 1 heterocycles. The fraction of sp³-hybridized carbons (Fsp3) is 0.188. The van der Waals surface area contributed by atoms with Crippen molar-refractivity contribution < 1.29 is 19.7 Å². The Labute approximate surface area is 147 Å². The van der Waals surface area contributed by atoms with E-state index in [0.717, 1.165) is 4.47 Å². The number of aliphatic hydroxyl groups is 1. The second-order valence-electron chi connectivity index (χ2n) is 4.83. The summed E-state index contributed by atoms with van der Waals surface area (Å²) in [6.07, 6.45) is 2.70. The normalized spacial score (nSPS) is 10.8. The minimum absolute atomic E-state index is 0.0927. The maximum absolute atomic E-state index is 11.7. The Balaban J connectivity index is 1.94.